The molecule has 0 bridgehead atoms. The molecular weight excluding hydrogens is 354 g/mol. The molecule has 0 aliphatic rings. The second-order valence-electron chi connectivity index (χ2n) is 5.51. The van der Waals surface area contributed by atoms with Crippen LogP contribution in [0.15, 0.2) is 48.5 Å². The number of primary amides is 1. The van der Waals surface area contributed by atoms with Crippen LogP contribution in [0.4, 0.5) is 11.4 Å². The first-order valence-corrected chi connectivity index (χ1v) is 9.71. The van der Waals surface area contributed by atoms with Gasteiger partial charge in [-0.2, -0.15) is 0 Å². The Morgan fingerprint density at radius 3 is 2.23 bits per heavy atom. The van der Waals surface area contributed by atoms with Gasteiger partial charge in [-0.1, -0.05) is 6.07 Å². The number of benzene rings is 2. The standard InChI is InChI=1S/C18H21N3O4S/c1-3-21(26(24,25)4-2)16-10-8-13(9-11-16)18(23)20-15-7-5-6-14(12-15)17(19)22/h5-12H,3-4H2,1-2H3,(H2,19,22)(H,20,23). The van der Waals surface area contributed by atoms with Crippen molar-refractivity contribution in [3.05, 3.63) is 59.7 Å². The third kappa shape index (κ3) is 4.40. The summed E-state index contributed by atoms with van der Waals surface area (Å²) in [5.41, 5.74) is 6.83. The molecule has 0 saturated heterocycles. The van der Waals surface area contributed by atoms with Gasteiger partial charge in [0, 0.05) is 23.4 Å². The van der Waals surface area contributed by atoms with Crippen LogP contribution >= 0.6 is 0 Å². The lowest BCUT2D eigenvalue weighted by molar-refractivity contribution is 0.0996. The first kappa shape index (κ1) is 19.5. The molecule has 0 spiro atoms. The molecule has 2 amide bonds. The maximum absolute atomic E-state index is 12.3. The Morgan fingerprint density at radius 2 is 1.69 bits per heavy atom. The van der Waals surface area contributed by atoms with E-state index in [1.54, 1.807) is 56.3 Å². The minimum Gasteiger partial charge on any atom is -0.366 e. The monoisotopic (exact) mass is 375 g/mol. The van der Waals surface area contributed by atoms with E-state index in [1.807, 2.05) is 0 Å². The van der Waals surface area contributed by atoms with Gasteiger partial charge in [-0.15, -0.1) is 0 Å². The van der Waals surface area contributed by atoms with Gasteiger partial charge in [-0.05, 0) is 56.3 Å². The van der Waals surface area contributed by atoms with Crippen molar-refractivity contribution in [2.24, 2.45) is 5.73 Å². The number of nitrogens with two attached hydrogens (primary N) is 1. The van der Waals surface area contributed by atoms with Gasteiger partial charge in [0.05, 0.1) is 11.4 Å². The van der Waals surface area contributed by atoms with E-state index in [0.717, 1.165) is 0 Å². The van der Waals surface area contributed by atoms with E-state index < -0.39 is 15.9 Å². The van der Waals surface area contributed by atoms with Crippen LogP contribution in [0.5, 0.6) is 0 Å². The smallest absolute Gasteiger partial charge is 0.255 e. The van der Waals surface area contributed by atoms with Gasteiger partial charge in [0.1, 0.15) is 0 Å². The minimum atomic E-state index is -3.37. The lowest BCUT2D eigenvalue weighted by Crippen LogP contribution is -2.32. The van der Waals surface area contributed by atoms with Crippen LogP contribution in [-0.2, 0) is 10.0 Å². The fraction of sp³-hybridized carbons (Fsp3) is 0.222. The average molecular weight is 375 g/mol. The zero-order valence-electron chi connectivity index (χ0n) is 14.6. The minimum absolute atomic E-state index is 0.000713. The van der Waals surface area contributed by atoms with E-state index in [4.69, 9.17) is 5.73 Å². The van der Waals surface area contributed by atoms with Gasteiger partial charge in [-0.3, -0.25) is 13.9 Å². The summed E-state index contributed by atoms with van der Waals surface area (Å²) in [5.74, 6) is -0.957. The molecule has 2 aromatic rings. The van der Waals surface area contributed by atoms with E-state index in [2.05, 4.69) is 5.32 Å². The van der Waals surface area contributed by atoms with Crippen molar-refractivity contribution in [2.75, 3.05) is 21.9 Å². The van der Waals surface area contributed by atoms with Crippen LogP contribution in [0.25, 0.3) is 0 Å². The zero-order chi connectivity index (χ0) is 19.3. The summed E-state index contributed by atoms with van der Waals surface area (Å²) in [7, 11) is -3.37. The molecule has 0 fully saturated rings. The largest absolute Gasteiger partial charge is 0.366 e. The fourth-order valence-electron chi connectivity index (χ4n) is 2.43. The number of amides is 2. The predicted octanol–water partition coefficient (Wildman–Crippen LogP) is 2.21. The van der Waals surface area contributed by atoms with Crippen molar-refractivity contribution >= 4 is 33.2 Å². The predicted molar refractivity (Wildman–Crippen MR) is 102 cm³/mol. The van der Waals surface area contributed by atoms with Crippen LogP contribution in [0, 0.1) is 0 Å². The van der Waals surface area contributed by atoms with Crippen molar-refractivity contribution in [2.45, 2.75) is 13.8 Å². The summed E-state index contributed by atoms with van der Waals surface area (Å²) in [5, 5.41) is 2.68. The topological polar surface area (TPSA) is 110 Å². The van der Waals surface area contributed by atoms with Crippen LogP contribution in [0.3, 0.4) is 0 Å². The molecule has 0 radical (unpaired) electrons. The number of anilines is 2. The SMILES string of the molecule is CCN(c1ccc(C(=O)Nc2cccc(C(N)=O)c2)cc1)S(=O)(=O)CC. The molecule has 0 heterocycles. The summed E-state index contributed by atoms with van der Waals surface area (Å²) in [6.45, 7) is 3.64. The molecule has 26 heavy (non-hydrogen) atoms. The molecule has 3 N–H and O–H groups in total. The van der Waals surface area contributed by atoms with Crippen molar-refractivity contribution in [1.82, 2.24) is 0 Å². The Labute approximate surface area is 152 Å². The molecule has 2 rings (SSSR count). The molecule has 0 unspecified atom stereocenters. The molecule has 8 heteroatoms. The molecule has 0 aliphatic heterocycles. The number of hydrogen-bond donors (Lipinski definition) is 2. The molecule has 7 nitrogen and oxygen atoms in total. The van der Waals surface area contributed by atoms with Crippen LogP contribution in [-0.4, -0.2) is 32.5 Å². The third-order valence-electron chi connectivity index (χ3n) is 3.81. The summed E-state index contributed by atoms with van der Waals surface area (Å²) < 4.78 is 25.5. The summed E-state index contributed by atoms with van der Waals surface area (Å²) in [6, 6.07) is 12.6. The average Bonchev–Trinajstić information content (AvgIpc) is 2.62. The van der Waals surface area contributed by atoms with Gasteiger partial charge in [0.15, 0.2) is 0 Å². The van der Waals surface area contributed by atoms with E-state index in [9.17, 15) is 18.0 Å². The Morgan fingerprint density at radius 1 is 1.04 bits per heavy atom. The highest BCUT2D eigenvalue weighted by molar-refractivity contribution is 7.92. The first-order valence-electron chi connectivity index (χ1n) is 8.10. The molecule has 2 aromatic carbocycles. The first-order chi connectivity index (χ1) is 12.3. The third-order valence-corrected chi connectivity index (χ3v) is 5.68. The van der Waals surface area contributed by atoms with E-state index >= 15 is 0 Å². The Hall–Kier alpha value is -2.87. The lowest BCUT2D eigenvalue weighted by Gasteiger charge is -2.22. The number of nitrogens with one attached hydrogen (secondary N) is 1. The van der Waals surface area contributed by atoms with Gasteiger partial charge < -0.3 is 11.1 Å². The molecule has 0 atom stereocenters. The number of nitrogens with zero attached hydrogens (tertiary/aromatic N) is 1. The van der Waals surface area contributed by atoms with Crippen LogP contribution in [0.2, 0.25) is 0 Å². The molecule has 0 aromatic heterocycles. The van der Waals surface area contributed by atoms with Crippen molar-refractivity contribution in [3.63, 3.8) is 0 Å². The second-order valence-corrected chi connectivity index (χ2v) is 7.69. The lowest BCUT2D eigenvalue weighted by atomic mass is 10.1. The highest BCUT2D eigenvalue weighted by atomic mass is 32.2. The fourth-order valence-corrected chi connectivity index (χ4v) is 3.58. The van der Waals surface area contributed by atoms with Crippen molar-refractivity contribution in [3.8, 4) is 0 Å². The molecule has 0 aliphatic carbocycles. The van der Waals surface area contributed by atoms with E-state index in [1.165, 1.54) is 10.4 Å². The Balaban J connectivity index is 2.19. The molecular formula is C18H21N3O4S. The van der Waals surface area contributed by atoms with Crippen LogP contribution in [0.1, 0.15) is 34.6 Å². The molecule has 138 valence electrons. The summed E-state index contributed by atoms with van der Waals surface area (Å²) in [6.07, 6.45) is 0. The number of hydrogen-bond acceptors (Lipinski definition) is 4. The van der Waals surface area contributed by atoms with Crippen LogP contribution < -0.4 is 15.4 Å². The van der Waals surface area contributed by atoms with Gasteiger partial charge in [-0.25, -0.2) is 8.42 Å². The summed E-state index contributed by atoms with van der Waals surface area (Å²) in [4.78, 5) is 23.5. The Bertz CT molecular complexity index is 908. The summed E-state index contributed by atoms with van der Waals surface area (Å²) >= 11 is 0. The quantitative estimate of drug-likeness (QED) is 0.773. The second kappa shape index (κ2) is 8.01. The zero-order valence-corrected chi connectivity index (χ0v) is 15.4. The normalized spacial score (nSPS) is 11.0. The maximum atomic E-state index is 12.3. The van der Waals surface area contributed by atoms with Crippen molar-refractivity contribution in [1.29, 1.82) is 0 Å². The van der Waals surface area contributed by atoms with Gasteiger partial charge >= 0.3 is 0 Å². The number of carbonyl (C=O) groups is 2. The van der Waals surface area contributed by atoms with Gasteiger partial charge in [0.25, 0.3) is 5.91 Å². The van der Waals surface area contributed by atoms with Crippen molar-refractivity contribution < 1.29 is 18.0 Å². The number of sulfonamides is 1. The number of carbonyl (C=O) groups excluding carboxylic acids is 2. The highest BCUT2D eigenvalue weighted by Crippen LogP contribution is 2.20. The maximum Gasteiger partial charge on any atom is 0.255 e. The van der Waals surface area contributed by atoms with E-state index in [0.29, 0.717) is 29.0 Å². The highest BCUT2D eigenvalue weighted by Gasteiger charge is 2.19. The Kier molecular flexibility index (Phi) is 5.99. The van der Waals surface area contributed by atoms with Gasteiger partial charge in [0.2, 0.25) is 15.9 Å². The molecule has 0 saturated carbocycles. The number of rotatable bonds is 7. The van der Waals surface area contributed by atoms with E-state index in [-0.39, 0.29) is 11.7 Å².